The average molecular weight is 286 g/mol. The first-order valence-corrected chi connectivity index (χ1v) is 7.63. The Bertz CT molecular complexity index is 555. The van der Waals surface area contributed by atoms with E-state index in [9.17, 15) is 9.59 Å². The van der Waals surface area contributed by atoms with Crippen LogP contribution in [0.5, 0.6) is 0 Å². The number of fused-ring (bicyclic) bond motifs is 1. The van der Waals surface area contributed by atoms with Crippen molar-refractivity contribution < 1.29 is 9.59 Å². The van der Waals surface area contributed by atoms with Crippen LogP contribution in [-0.4, -0.2) is 29.8 Å². The van der Waals surface area contributed by atoms with Crippen molar-refractivity contribution >= 4 is 11.8 Å². The molecular weight excluding hydrogens is 264 g/mol. The number of rotatable bonds is 3. The van der Waals surface area contributed by atoms with Gasteiger partial charge in [0, 0.05) is 19.1 Å². The summed E-state index contributed by atoms with van der Waals surface area (Å²) in [6, 6.07) is 10.0. The van der Waals surface area contributed by atoms with Gasteiger partial charge in [-0.05, 0) is 17.9 Å². The molecule has 112 valence electrons. The lowest BCUT2D eigenvalue weighted by molar-refractivity contribution is -0.139. The highest BCUT2D eigenvalue weighted by molar-refractivity contribution is 6.06. The molecule has 2 saturated heterocycles. The molecule has 0 aliphatic carbocycles. The minimum Gasteiger partial charge on any atom is -0.306 e. The molecule has 21 heavy (non-hydrogen) atoms. The molecule has 0 spiro atoms. The molecule has 1 N–H and O–H groups in total. The fourth-order valence-electron chi connectivity index (χ4n) is 3.76. The van der Waals surface area contributed by atoms with Crippen LogP contribution < -0.4 is 5.32 Å². The summed E-state index contributed by atoms with van der Waals surface area (Å²) < 4.78 is 0. The highest BCUT2D eigenvalue weighted by atomic mass is 16.2. The minimum atomic E-state index is -0.256. The molecule has 0 bridgehead atoms. The molecule has 2 aliphatic rings. The molecule has 1 aromatic carbocycles. The summed E-state index contributed by atoms with van der Waals surface area (Å²) in [5.41, 5.74) is 1.09. The fourth-order valence-corrected chi connectivity index (χ4v) is 3.76. The standard InChI is InChI=1S/C17H22N2O2/c1-10(2)9-12-13-14(17(21)19(3)16(13)20)15(18-12)11-7-5-4-6-8-11/h4-8,10,12-15,18H,9H2,1-3H3/t12-,13+,14-,15-/m0/s1. The van der Waals surface area contributed by atoms with Gasteiger partial charge in [0.15, 0.2) is 0 Å². The second kappa shape index (κ2) is 5.26. The summed E-state index contributed by atoms with van der Waals surface area (Å²) in [6.45, 7) is 4.30. The lowest BCUT2D eigenvalue weighted by Gasteiger charge is -2.21. The third-order valence-electron chi connectivity index (χ3n) is 4.69. The normalized spacial score (nSPS) is 32.1. The van der Waals surface area contributed by atoms with Crippen molar-refractivity contribution in [3.05, 3.63) is 35.9 Å². The average Bonchev–Trinajstić information content (AvgIpc) is 2.93. The summed E-state index contributed by atoms with van der Waals surface area (Å²) in [5.74, 6) is -0.0468. The van der Waals surface area contributed by atoms with Crippen LogP contribution in [0, 0.1) is 17.8 Å². The Hall–Kier alpha value is -1.68. The number of likely N-dealkylation sites (tertiary alicyclic amines) is 1. The molecule has 4 nitrogen and oxygen atoms in total. The fraction of sp³-hybridized carbons (Fsp3) is 0.529. The minimum absolute atomic E-state index is 0.0263. The zero-order chi connectivity index (χ0) is 15.1. The molecule has 2 heterocycles. The van der Waals surface area contributed by atoms with Gasteiger partial charge in [-0.1, -0.05) is 44.2 Å². The molecule has 0 aromatic heterocycles. The second-order valence-corrected chi connectivity index (χ2v) is 6.58. The van der Waals surface area contributed by atoms with E-state index >= 15 is 0 Å². The van der Waals surface area contributed by atoms with Crippen LogP contribution in [0.4, 0.5) is 0 Å². The Kier molecular flexibility index (Phi) is 3.57. The SMILES string of the molecule is CC(C)C[C@@H]1N[C@@H](c2ccccc2)[C@H]2C(=O)N(C)C(=O)[C@@H]21. The second-order valence-electron chi connectivity index (χ2n) is 6.58. The summed E-state index contributed by atoms with van der Waals surface area (Å²) in [7, 11) is 1.61. The Labute approximate surface area is 125 Å². The number of nitrogens with one attached hydrogen (secondary N) is 1. The molecule has 0 unspecified atom stereocenters. The van der Waals surface area contributed by atoms with Gasteiger partial charge in [-0.2, -0.15) is 0 Å². The molecule has 0 radical (unpaired) electrons. The van der Waals surface area contributed by atoms with Gasteiger partial charge in [-0.3, -0.25) is 14.5 Å². The predicted octanol–water partition coefficient (Wildman–Crippen LogP) is 1.98. The van der Waals surface area contributed by atoms with Crippen LogP contribution in [-0.2, 0) is 9.59 Å². The van der Waals surface area contributed by atoms with Crippen molar-refractivity contribution in [2.45, 2.75) is 32.4 Å². The summed E-state index contributed by atoms with van der Waals surface area (Å²) in [5, 5.41) is 3.55. The smallest absolute Gasteiger partial charge is 0.234 e. The van der Waals surface area contributed by atoms with Crippen LogP contribution in [0.15, 0.2) is 30.3 Å². The quantitative estimate of drug-likeness (QED) is 0.864. The number of benzene rings is 1. The number of amides is 2. The van der Waals surface area contributed by atoms with Gasteiger partial charge in [0.25, 0.3) is 0 Å². The highest BCUT2D eigenvalue weighted by Crippen LogP contribution is 2.44. The van der Waals surface area contributed by atoms with Crippen LogP contribution >= 0.6 is 0 Å². The Morgan fingerprint density at radius 3 is 2.33 bits per heavy atom. The van der Waals surface area contributed by atoms with Gasteiger partial charge in [-0.25, -0.2) is 0 Å². The van der Waals surface area contributed by atoms with Crippen molar-refractivity contribution in [1.29, 1.82) is 0 Å². The lowest BCUT2D eigenvalue weighted by atomic mass is 9.84. The Morgan fingerprint density at radius 2 is 1.71 bits per heavy atom. The van der Waals surface area contributed by atoms with Crippen LogP contribution in [0.2, 0.25) is 0 Å². The maximum absolute atomic E-state index is 12.5. The van der Waals surface area contributed by atoms with E-state index in [2.05, 4.69) is 19.2 Å². The summed E-state index contributed by atoms with van der Waals surface area (Å²) in [6.07, 6.45) is 0.914. The molecule has 2 fully saturated rings. The molecule has 3 rings (SSSR count). The number of carbonyl (C=O) groups is 2. The van der Waals surface area contributed by atoms with Gasteiger partial charge >= 0.3 is 0 Å². The topological polar surface area (TPSA) is 49.4 Å². The van der Waals surface area contributed by atoms with Gasteiger partial charge in [0.1, 0.15) is 0 Å². The number of hydrogen-bond donors (Lipinski definition) is 1. The molecule has 0 saturated carbocycles. The molecule has 1 aromatic rings. The number of nitrogens with zero attached hydrogens (tertiary/aromatic N) is 1. The van der Waals surface area contributed by atoms with Crippen molar-refractivity contribution in [2.24, 2.45) is 17.8 Å². The van der Waals surface area contributed by atoms with E-state index in [0.29, 0.717) is 5.92 Å². The molecule has 2 amide bonds. The lowest BCUT2D eigenvalue weighted by Crippen LogP contribution is -2.38. The summed E-state index contributed by atoms with van der Waals surface area (Å²) in [4.78, 5) is 26.2. The van der Waals surface area contributed by atoms with Crippen LogP contribution in [0.1, 0.15) is 31.9 Å². The largest absolute Gasteiger partial charge is 0.306 e. The van der Waals surface area contributed by atoms with E-state index in [-0.39, 0.29) is 35.7 Å². The molecule has 4 heteroatoms. The number of carbonyl (C=O) groups excluding carboxylic acids is 2. The maximum Gasteiger partial charge on any atom is 0.234 e. The Balaban J connectivity index is 1.96. The third kappa shape index (κ3) is 2.27. The third-order valence-corrected chi connectivity index (χ3v) is 4.69. The highest BCUT2D eigenvalue weighted by Gasteiger charge is 2.57. The van der Waals surface area contributed by atoms with Gasteiger partial charge in [-0.15, -0.1) is 0 Å². The first kappa shape index (κ1) is 14.3. The van der Waals surface area contributed by atoms with Crippen molar-refractivity contribution in [2.75, 3.05) is 7.05 Å². The van der Waals surface area contributed by atoms with E-state index in [1.165, 1.54) is 4.90 Å². The van der Waals surface area contributed by atoms with Crippen LogP contribution in [0.25, 0.3) is 0 Å². The van der Waals surface area contributed by atoms with E-state index in [1.54, 1.807) is 7.05 Å². The van der Waals surface area contributed by atoms with Gasteiger partial charge in [0.05, 0.1) is 11.8 Å². The monoisotopic (exact) mass is 286 g/mol. The van der Waals surface area contributed by atoms with E-state index < -0.39 is 0 Å². The molecule has 4 atom stereocenters. The molecule has 2 aliphatic heterocycles. The maximum atomic E-state index is 12.5. The van der Waals surface area contributed by atoms with E-state index in [4.69, 9.17) is 0 Å². The first-order valence-electron chi connectivity index (χ1n) is 7.63. The summed E-state index contributed by atoms with van der Waals surface area (Å²) >= 11 is 0. The zero-order valence-corrected chi connectivity index (χ0v) is 12.7. The zero-order valence-electron chi connectivity index (χ0n) is 12.7. The van der Waals surface area contributed by atoms with E-state index in [0.717, 1.165) is 12.0 Å². The van der Waals surface area contributed by atoms with Crippen molar-refractivity contribution in [3.63, 3.8) is 0 Å². The van der Waals surface area contributed by atoms with Gasteiger partial charge < -0.3 is 5.32 Å². The first-order chi connectivity index (χ1) is 10.0. The predicted molar refractivity (Wildman–Crippen MR) is 80.3 cm³/mol. The Morgan fingerprint density at radius 1 is 1.10 bits per heavy atom. The van der Waals surface area contributed by atoms with Crippen LogP contribution in [0.3, 0.4) is 0 Å². The van der Waals surface area contributed by atoms with E-state index in [1.807, 2.05) is 30.3 Å². The van der Waals surface area contributed by atoms with Crippen molar-refractivity contribution in [1.82, 2.24) is 10.2 Å². The van der Waals surface area contributed by atoms with Gasteiger partial charge in [0.2, 0.25) is 11.8 Å². The van der Waals surface area contributed by atoms with Crippen molar-refractivity contribution in [3.8, 4) is 0 Å². The number of imide groups is 1. The molecular formula is C17H22N2O2. The number of hydrogen-bond acceptors (Lipinski definition) is 3.